The molecule has 0 saturated heterocycles. The van der Waals surface area contributed by atoms with Crippen LogP contribution in [0.4, 0.5) is 14.5 Å². The lowest BCUT2D eigenvalue weighted by Crippen LogP contribution is -2.41. The lowest BCUT2D eigenvalue weighted by atomic mass is 9.87. The number of pyridine rings is 1. The highest BCUT2D eigenvalue weighted by Gasteiger charge is 2.28. The normalized spacial score (nSPS) is 12.4. The van der Waals surface area contributed by atoms with Crippen LogP contribution in [0.5, 0.6) is 5.75 Å². The van der Waals surface area contributed by atoms with Crippen molar-refractivity contribution in [3.05, 3.63) is 99.7 Å². The van der Waals surface area contributed by atoms with E-state index < -0.39 is 53.0 Å². The highest BCUT2D eigenvalue weighted by Crippen LogP contribution is 2.31. The molecule has 0 aliphatic rings. The Morgan fingerprint density at radius 1 is 1.03 bits per heavy atom. The van der Waals surface area contributed by atoms with Crippen molar-refractivity contribution in [1.29, 1.82) is 0 Å². The predicted octanol–water partition coefficient (Wildman–Crippen LogP) is 4.89. The fourth-order valence-electron chi connectivity index (χ4n) is 3.49. The lowest BCUT2D eigenvalue weighted by molar-refractivity contribution is -0.150. The molecule has 3 aromatic rings. The zero-order valence-electron chi connectivity index (χ0n) is 18.7. The van der Waals surface area contributed by atoms with Gasteiger partial charge in [-0.3, -0.25) is 4.79 Å². The molecule has 0 saturated carbocycles. The molecule has 1 aromatic heterocycles. The van der Waals surface area contributed by atoms with Gasteiger partial charge >= 0.3 is 5.97 Å². The Bertz CT molecular complexity index is 1220. The summed E-state index contributed by atoms with van der Waals surface area (Å²) >= 11 is 0. The monoisotopic (exact) mass is 481 g/mol. The number of carbonyl (C=O) groups is 2. The number of rotatable bonds is 8. The molecule has 1 amide bonds. The number of aromatic nitrogens is 1. The summed E-state index contributed by atoms with van der Waals surface area (Å²) in [6.07, 6.45) is 0.386. The van der Waals surface area contributed by atoms with E-state index in [2.05, 4.69) is 20.3 Å². The molecule has 9 nitrogen and oxygen atoms in total. The molecule has 0 aliphatic carbocycles. The maximum Gasteiger partial charge on any atom is 0.328 e. The standard InChI is InChI=1S/C24H21F2N5O4/c1-13(29-23(33)21-22(32)19(30-31-27)11-12-28-21)24(34)35-14(2)20(15-3-7-17(25)8-4-15)16-5-9-18(26)10-6-16/h3-14,20,32H,1-2H3,(H,29,33)/t13-,14?/m0/s1. The quantitative estimate of drug-likeness (QED) is 0.204. The van der Waals surface area contributed by atoms with E-state index in [-0.39, 0.29) is 5.69 Å². The molecule has 0 spiro atoms. The fourth-order valence-corrected chi connectivity index (χ4v) is 3.49. The Morgan fingerprint density at radius 3 is 2.09 bits per heavy atom. The van der Waals surface area contributed by atoms with Crippen LogP contribution in [-0.4, -0.2) is 34.1 Å². The largest absolute Gasteiger partial charge is 0.505 e. The van der Waals surface area contributed by atoms with E-state index in [1.54, 1.807) is 31.2 Å². The molecule has 11 heteroatoms. The van der Waals surface area contributed by atoms with Crippen molar-refractivity contribution in [2.45, 2.75) is 31.9 Å². The third-order valence-corrected chi connectivity index (χ3v) is 5.20. The van der Waals surface area contributed by atoms with Gasteiger partial charge in [0.2, 0.25) is 0 Å². The highest BCUT2D eigenvalue weighted by atomic mass is 19.1. The average molecular weight is 481 g/mol. The van der Waals surface area contributed by atoms with Gasteiger partial charge in [-0.15, -0.1) is 0 Å². The fraction of sp³-hybridized carbons (Fsp3) is 0.208. The molecule has 0 aliphatic heterocycles. The number of azide groups is 1. The molecule has 0 radical (unpaired) electrons. The highest BCUT2D eigenvalue weighted by molar-refractivity contribution is 5.98. The van der Waals surface area contributed by atoms with Gasteiger partial charge in [-0.2, -0.15) is 0 Å². The molecule has 0 fully saturated rings. The summed E-state index contributed by atoms with van der Waals surface area (Å²) < 4.78 is 32.5. The number of carbonyl (C=O) groups excluding carboxylic acids is 2. The minimum atomic E-state index is -1.14. The van der Waals surface area contributed by atoms with Gasteiger partial charge in [0.15, 0.2) is 11.4 Å². The van der Waals surface area contributed by atoms with Crippen molar-refractivity contribution in [1.82, 2.24) is 10.3 Å². The first kappa shape index (κ1) is 25.1. The van der Waals surface area contributed by atoms with E-state index in [0.717, 1.165) is 0 Å². The van der Waals surface area contributed by atoms with Crippen LogP contribution >= 0.6 is 0 Å². The minimum Gasteiger partial charge on any atom is -0.505 e. The van der Waals surface area contributed by atoms with E-state index >= 15 is 0 Å². The van der Waals surface area contributed by atoms with Crippen LogP contribution in [0.3, 0.4) is 0 Å². The average Bonchev–Trinajstić information content (AvgIpc) is 2.83. The molecule has 1 heterocycles. The topological polar surface area (TPSA) is 137 Å². The van der Waals surface area contributed by atoms with Crippen LogP contribution in [0.15, 0.2) is 65.9 Å². The van der Waals surface area contributed by atoms with E-state index in [9.17, 15) is 23.5 Å². The molecule has 180 valence electrons. The molecule has 2 aromatic carbocycles. The lowest BCUT2D eigenvalue weighted by Gasteiger charge is -2.26. The van der Waals surface area contributed by atoms with Crippen molar-refractivity contribution in [2.75, 3.05) is 0 Å². The number of aromatic hydroxyl groups is 1. The van der Waals surface area contributed by atoms with E-state index in [1.165, 1.54) is 43.5 Å². The second kappa shape index (κ2) is 11.1. The van der Waals surface area contributed by atoms with Crippen molar-refractivity contribution < 1.29 is 28.2 Å². The van der Waals surface area contributed by atoms with Crippen LogP contribution in [0.2, 0.25) is 0 Å². The van der Waals surface area contributed by atoms with Gasteiger partial charge in [-0.25, -0.2) is 18.6 Å². The van der Waals surface area contributed by atoms with Gasteiger partial charge in [0.25, 0.3) is 5.91 Å². The van der Waals surface area contributed by atoms with Gasteiger partial charge in [-0.05, 0) is 60.8 Å². The summed E-state index contributed by atoms with van der Waals surface area (Å²) in [6.45, 7) is 3.01. The van der Waals surface area contributed by atoms with Gasteiger partial charge in [0, 0.05) is 17.0 Å². The molecule has 3 rings (SSSR count). The number of hydrogen-bond donors (Lipinski definition) is 2. The number of nitrogens with zero attached hydrogens (tertiary/aromatic N) is 4. The Kier molecular flexibility index (Phi) is 7.96. The Labute approximate surface area is 199 Å². The number of esters is 1. The zero-order chi connectivity index (χ0) is 25.5. The van der Waals surface area contributed by atoms with Crippen LogP contribution < -0.4 is 5.32 Å². The van der Waals surface area contributed by atoms with E-state index in [1.807, 2.05) is 0 Å². The molecular formula is C24H21F2N5O4. The summed E-state index contributed by atoms with van der Waals surface area (Å²) in [6, 6.07) is 11.3. The van der Waals surface area contributed by atoms with E-state index in [4.69, 9.17) is 10.3 Å². The summed E-state index contributed by atoms with van der Waals surface area (Å²) in [5.41, 5.74) is 9.19. The third kappa shape index (κ3) is 6.10. The number of ether oxygens (including phenoxy) is 1. The van der Waals surface area contributed by atoms with E-state index in [0.29, 0.717) is 11.1 Å². The second-order valence-electron chi connectivity index (χ2n) is 7.63. The summed E-state index contributed by atoms with van der Waals surface area (Å²) in [7, 11) is 0. The molecule has 35 heavy (non-hydrogen) atoms. The van der Waals surface area contributed by atoms with Crippen LogP contribution in [0, 0.1) is 11.6 Å². The maximum atomic E-state index is 13.5. The summed E-state index contributed by atoms with van der Waals surface area (Å²) in [5, 5.41) is 15.7. The summed E-state index contributed by atoms with van der Waals surface area (Å²) in [4.78, 5) is 31.6. The zero-order valence-corrected chi connectivity index (χ0v) is 18.7. The van der Waals surface area contributed by atoms with Gasteiger partial charge in [-0.1, -0.05) is 29.4 Å². The number of amides is 1. The molecule has 0 bridgehead atoms. The third-order valence-electron chi connectivity index (χ3n) is 5.20. The number of nitrogens with one attached hydrogen (secondary N) is 1. The van der Waals surface area contributed by atoms with Crippen molar-refractivity contribution >= 4 is 17.6 Å². The van der Waals surface area contributed by atoms with Gasteiger partial charge in [0.1, 0.15) is 23.8 Å². The maximum absolute atomic E-state index is 13.5. The number of benzene rings is 2. The number of halogens is 2. The Morgan fingerprint density at radius 2 is 1.57 bits per heavy atom. The van der Waals surface area contributed by atoms with Crippen LogP contribution in [0.1, 0.15) is 41.4 Å². The predicted molar refractivity (Wildman–Crippen MR) is 122 cm³/mol. The van der Waals surface area contributed by atoms with Crippen LogP contribution in [0.25, 0.3) is 10.4 Å². The molecular weight excluding hydrogens is 460 g/mol. The smallest absolute Gasteiger partial charge is 0.328 e. The SMILES string of the molecule is CC(OC(=O)[C@H](C)NC(=O)c1nccc(N=[N+]=[N-])c1O)C(c1ccc(F)cc1)c1ccc(F)cc1. The van der Waals surface area contributed by atoms with Gasteiger partial charge < -0.3 is 15.2 Å². The first-order valence-electron chi connectivity index (χ1n) is 10.5. The van der Waals surface area contributed by atoms with Crippen LogP contribution in [-0.2, 0) is 9.53 Å². The molecule has 2 N–H and O–H groups in total. The van der Waals surface area contributed by atoms with Crippen molar-refractivity contribution in [3.63, 3.8) is 0 Å². The Hall–Kier alpha value is -4.50. The van der Waals surface area contributed by atoms with Crippen molar-refractivity contribution in [2.24, 2.45) is 5.11 Å². The summed E-state index contributed by atoms with van der Waals surface area (Å²) in [5.74, 6) is -3.73. The Balaban J connectivity index is 1.77. The molecule has 2 atom stereocenters. The molecule has 1 unspecified atom stereocenters. The number of hydrogen-bond acceptors (Lipinski definition) is 6. The van der Waals surface area contributed by atoms with Crippen molar-refractivity contribution in [3.8, 4) is 5.75 Å². The van der Waals surface area contributed by atoms with Gasteiger partial charge in [0.05, 0.1) is 5.69 Å². The first-order chi connectivity index (χ1) is 16.7. The first-order valence-corrected chi connectivity index (χ1v) is 10.5. The second-order valence-corrected chi connectivity index (χ2v) is 7.63. The minimum absolute atomic E-state index is 0.196.